The summed E-state index contributed by atoms with van der Waals surface area (Å²) >= 11 is 1.36. The Balaban J connectivity index is 2.01. The molecule has 0 saturated heterocycles. The highest BCUT2D eigenvalue weighted by molar-refractivity contribution is 7.20. The van der Waals surface area contributed by atoms with E-state index in [1.54, 1.807) is 16.8 Å². The fourth-order valence-electron chi connectivity index (χ4n) is 2.34. The number of fused-ring (bicyclic) bond motifs is 1. The molecule has 0 unspecified atom stereocenters. The number of nitrogens with zero attached hydrogens (tertiary/aromatic N) is 2. The van der Waals surface area contributed by atoms with Gasteiger partial charge in [0.2, 0.25) is 0 Å². The van der Waals surface area contributed by atoms with Gasteiger partial charge in [0.15, 0.2) is 0 Å². The van der Waals surface area contributed by atoms with Crippen LogP contribution in [0.5, 0.6) is 0 Å². The van der Waals surface area contributed by atoms with Crippen LogP contribution in [0, 0.1) is 12.7 Å². The first kappa shape index (κ1) is 16.6. The summed E-state index contributed by atoms with van der Waals surface area (Å²) in [7, 11) is 0. The Morgan fingerprint density at radius 2 is 2.04 bits per heavy atom. The predicted molar refractivity (Wildman–Crippen MR) is 94.2 cm³/mol. The summed E-state index contributed by atoms with van der Waals surface area (Å²) in [6.45, 7) is 6.00. The Morgan fingerprint density at radius 1 is 1.38 bits per heavy atom. The third kappa shape index (κ3) is 3.05. The van der Waals surface area contributed by atoms with Crippen molar-refractivity contribution in [3.8, 4) is 5.69 Å². The van der Waals surface area contributed by atoms with Crippen molar-refractivity contribution in [3.05, 3.63) is 46.7 Å². The van der Waals surface area contributed by atoms with Gasteiger partial charge in [-0.3, -0.25) is 4.79 Å². The second kappa shape index (κ2) is 5.99. The van der Waals surface area contributed by atoms with Gasteiger partial charge in [0.25, 0.3) is 5.91 Å². The minimum atomic E-state index is -0.467. The molecule has 126 valence electrons. The van der Waals surface area contributed by atoms with Crippen molar-refractivity contribution in [1.82, 2.24) is 15.1 Å². The van der Waals surface area contributed by atoms with Crippen molar-refractivity contribution in [2.24, 2.45) is 5.73 Å². The van der Waals surface area contributed by atoms with Gasteiger partial charge in [0.1, 0.15) is 10.6 Å². The molecule has 1 aromatic carbocycles. The van der Waals surface area contributed by atoms with E-state index in [1.807, 2.05) is 26.8 Å². The number of aromatic nitrogens is 2. The molecular formula is C17H19FN4OS. The topological polar surface area (TPSA) is 72.9 Å². The number of hydrogen-bond acceptors (Lipinski definition) is 4. The Bertz CT molecular complexity index is 895. The predicted octanol–water partition coefficient (Wildman–Crippen LogP) is 3.00. The highest BCUT2D eigenvalue weighted by Crippen LogP contribution is 2.30. The lowest BCUT2D eigenvalue weighted by Crippen LogP contribution is -2.48. The third-order valence-corrected chi connectivity index (χ3v) is 4.91. The first-order valence-electron chi connectivity index (χ1n) is 7.58. The molecule has 1 amide bonds. The van der Waals surface area contributed by atoms with Crippen molar-refractivity contribution in [2.45, 2.75) is 26.3 Å². The number of aryl methyl sites for hydroxylation is 1. The summed E-state index contributed by atoms with van der Waals surface area (Å²) in [5.74, 6) is -0.453. The number of hydrogen-bond donors (Lipinski definition) is 2. The molecule has 0 bridgehead atoms. The van der Waals surface area contributed by atoms with Gasteiger partial charge >= 0.3 is 0 Å². The van der Waals surface area contributed by atoms with Crippen LogP contribution >= 0.6 is 11.3 Å². The van der Waals surface area contributed by atoms with Crippen LogP contribution in [-0.4, -0.2) is 27.8 Å². The molecule has 2 aromatic heterocycles. The first-order chi connectivity index (χ1) is 11.3. The van der Waals surface area contributed by atoms with E-state index in [9.17, 15) is 9.18 Å². The van der Waals surface area contributed by atoms with Crippen molar-refractivity contribution < 1.29 is 9.18 Å². The number of carbonyl (C=O) groups is 1. The summed E-state index contributed by atoms with van der Waals surface area (Å²) in [6, 6.07) is 7.95. The van der Waals surface area contributed by atoms with E-state index in [0.717, 1.165) is 21.6 Å². The molecule has 0 radical (unpaired) electrons. The Kier molecular flexibility index (Phi) is 4.15. The molecule has 24 heavy (non-hydrogen) atoms. The Labute approximate surface area is 143 Å². The number of amides is 1. The lowest BCUT2D eigenvalue weighted by Gasteiger charge is -2.23. The van der Waals surface area contributed by atoms with Crippen LogP contribution in [0.25, 0.3) is 15.9 Å². The van der Waals surface area contributed by atoms with Crippen molar-refractivity contribution >= 4 is 27.5 Å². The lowest BCUT2D eigenvalue weighted by atomic mass is 10.1. The van der Waals surface area contributed by atoms with Crippen LogP contribution < -0.4 is 11.1 Å². The fraction of sp³-hybridized carbons (Fsp3) is 0.294. The standard InChI is InChI=1S/C17H19FN4OS/c1-10-13-8-14(15(23)20-17(2,3)9-19)24-16(13)22(21-10)12-6-4-11(18)5-7-12/h4-8H,9,19H2,1-3H3,(H,20,23). The van der Waals surface area contributed by atoms with E-state index in [-0.39, 0.29) is 11.7 Å². The van der Waals surface area contributed by atoms with E-state index >= 15 is 0 Å². The molecule has 0 aliphatic heterocycles. The molecule has 0 spiro atoms. The zero-order valence-corrected chi connectivity index (χ0v) is 14.6. The number of rotatable bonds is 4. The van der Waals surface area contributed by atoms with Crippen molar-refractivity contribution in [3.63, 3.8) is 0 Å². The van der Waals surface area contributed by atoms with Gasteiger partial charge in [0.05, 0.1) is 16.3 Å². The third-order valence-electron chi connectivity index (χ3n) is 3.80. The maximum Gasteiger partial charge on any atom is 0.261 e. The van der Waals surface area contributed by atoms with E-state index in [0.29, 0.717) is 11.4 Å². The van der Waals surface area contributed by atoms with Gasteiger partial charge in [-0.2, -0.15) is 5.10 Å². The Hall–Kier alpha value is -2.25. The summed E-state index contributed by atoms with van der Waals surface area (Å²) in [4.78, 5) is 13.9. The Morgan fingerprint density at radius 3 is 2.67 bits per heavy atom. The van der Waals surface area contributed by atoms with E-state index in [1.165, 1.54) is 23.5 Å². The number of nitrogens with one attached hydrogen (secondary N) is 1. The van der Waals surface area contributed by atoms with Gasteiger partial charge in [-0.15, -0.1) is 11.3 Å². The smallest absolute Gasteiger partial charge is 0.261 e. The monoisotopic (exact) mass is 346 g/mol. The number of benzene rings is 1. The molecule has 7 heteroatoms. The number of carbonyl (C=O) groups excluding carboxylic acids is 1. The minimum absolute atomic E-state index is 0.156. The van der Waals surface area contributed by atoms with Crippen molar-refractivity contribution in [1.29, 1.82) is 0 Å². The normalized spacial score (nSPS) is 11.9. The van der Waals surface area contributed by atoms with Gasteiger partial charge in [0, 0.05) is 17.5 Å². The maximum absolute atomic E-state index is 13.1. The largest absolute Gasteiger partial charge is 0.345 e. The van der Waals surface area contributed by atoms with Crippen LogP contribution in [0.1, 0.15) is 29.2 Å². The highest BCUT2D eigenvalue weighted by atomic mass is 32.1. The number of halogens is 1. The molecule has 0 aliphatic carbocycles. The summed E-state index contributed by atoms with van der Waals surface area (Å²) in [6.07, 6.45) is 0. The van der Waals surface area contributed by atoms with Crippen LogP contribution in [0.2, 0.25) is 0 Å². The molecule has 0 saturated carbocycles. The average Bonchev–Trinajstić information content (AvgIpc) is 3.09. The van der Waals surface area contributed by atoms with Gasteiger partial charge in [-0.1, -0.05) is 0 Å². The maximum atomic E-state index is 13.1. The van der Waals surface area contributed by atoms with Gasteiger partial charge in [-0.25, -0.2) is 9.07 Å². The molecule has 0 fully saturated rings. The number of nitrogens with two attached hydrogens (primary N) is 1. The average molecular weight is 346 g/mol. The van der Waals surface area contributed by atoms with Crippen LogP contribution in [0.15, 0.2) is 30.3 Å². The van der Waals surface area contributed by atoms with E-state index < -0.39 is 5.54 Å². The molecule has 3 aromatic rings. The molecular weight excluding hydrogens is 327 g/mol. The quantitative estimate of drug-likeness (QED) is 0.763. The second-order valence-corrected chi connectivity index (χ2v) is 7.38. The van der Waals surface area contributed by atoms with Crippen LogP contribution in [0.3, 0.4) is 0 Å². The summed E-state index contributed by atoms with van der Waals surface area (Å²) in [5, 5.41) is 8.34. The summed E-state index contributed by atoms with van der Waals surface area (Å²) in [5.41, 5.74) is 6.78. The van der Waals surface area contributed by atoms with E-state index in [2.05, 4.69) is 10.4 Å². The molecule has 3 N–H and O–H groups in total. The lowest BCUT2D eigenvalue weighted by molar-refractivity contribution is 0.0920. The molecule has 5 nitrogen and oxygen atoms in total. The highest BCUT2D eigenvalue weighted by Gasteiger charge is 2.22. The summed E-state index contributed by atoms with van der Waals surface area (Å²) < 4.78 is 14.9. The zero-order chi connectivity index (χ0) is 17.5. The zero-order valence-electron chi connectivity index (χ0n) is 13.8. The van der Waals surface area contributed by atoms with Gasteiger partial charge in [-0.05, 0) is 51.1 Å². The SMILES string of the molecule is Cc1nn(-c2ccc(F)cc2)c2sc(C(=O)NC(C)(C)CN)cc12. The molecule has 2 heterocycles. The molecule has 0 atom stereocenters. The first-order valence-corrected chi connectivity index (χ1v) is 8.40. The second-order valence-electron chi connectivity index (χ2n) is 6.35. The fourth-order valence-corrected chi connectivity index (χ4v) is 3.41. The van der Waals surface area contributed by atoms with Crippen molar-refractivity contribution in [2.75, 3.05) is 6.54 Å². The van der Waals surface area contributed by atoms with Crippen LogP contribution in [0.4, 0.5) is 4.39 Å². The molecule has 3 rings (SSSR count). The van der Waals surface area contributed by atoms with E-state index in [4.69, 9.17) is 5.73 Å². The molecule has 0 aliphatic rings. The number of thiophene rings is 1. The van der Waals surface area contributed by atoms with Gasteiger partial charge < -0.3 is 11.1 Å². The van der Waals surface area contributed by atoms with Crippen LogP contribution in [-0.2, 0) is 0 Å². The minimum Gasteiger partial charge on any atom is -0.345 e.